The summed E-state index contributed by atoms with van der Waals surface area (Å²) in [6, 6.07) is 6.04. The third kappa shape index (κ3) is 4.24. The van der Waals surface area contributed by atoms with Gasteiger partial charge in [-0.05, 0) is 44.2 Å². The maximum absolute atomic E-state index is 12.6. The number of benzene rings is 1. The van der Waals surface area contributed by atoms with Crippen molar-refractivity contribution in [2.75, 3.05) is 25.0 Å². The Balaban J connectivity index is 2.05. The highest BCUT2D eigenvalue weighted by atomic mass is 16.6. The van der Waals surface area contributed by atoms with E-state index < -0.39 is 0 Å². The number of nitrogens with zero attached hydrogens (tertiary/aromatic N) is 1. The number of ether oxygens (including phenoxy) is 1. The number of para-hydroxylation sites is 1. The molecule has 0 saturated carbocycles. The number of likely N-dealkylation sites (tertiary alicyclic amines) is 1. The van der Waals surface area contributed by atoms with Gasteiger partial charge in [-0.3, -0.25) is 4.79 Å². The first-order chi connectivity index (χ1) is 11.1. The molecule has 1 unspecified atom stereocenters. The fourth-order valence-electron chi connectivity index (χ4n) is 3.00. The highest BCUT2D eigenvalue weighted by Gasteiger charge is 2.29. The molecule has 0 aliphatic carbocycles. The van der Waals surface area contributed by atoms with Crippen molar-refractivity contribution in [2.24, 2.45) is 5.92 Å². The number of carbonyl (C=O) groups is 2. The second-order valence-corrected chi connectivity index (χ2v) is 5.94. The Hall–Kier alpha value is -2.04. The predicted molar refractivity (Wildman–Crippen MR) is 90.5 cm³/mol. The van der Waals surface area contributed by atoms with Crippen molar-refractivity contribution in [3.05, 3.63) is 29.3 Å². The van der Waals surface area contributed by atoms with Crippen molar-refractivity contribution in [2.45, 2.75) is 40.0 Å². The highest BCUT2D eigenvalue weighted by molar-refractivity contribution is 5.94. The van der Waals surface area contributed by atoms with Gasteiger partial charge < -0.3 is 15.0 Å². The quantitative estimate of drug-likeness (QED) is 0.926. The first-order valence-corrected chi connectivity index (χ1v) is 8.37. The minimum absolute atomic E-state index is 0.0111. The van der Waals surface area contributed by atoms with E-state index in [1.54, 1.807) is 11.8 Å². The smallest absolute Gasteiger partial charge is 0.409 e. The predicted octanol–water partition coefficient (Wildman–Crippen LogP) is 3.36. The first kappa shape index (κ1) is 17.3. The van der Waals surface area contributed by atoms with Gasteiger partial charge in [0.15, 0.2) is 0 Å². The molecule has 1 atom stereocenters. The van der Waals surface area contributed by atoms with E-state index in [-0.39, 0.29) is 17.9 Å². The number of piperidine rings is 1. The Bertz CT molecular complexity index is 571. The van der Waals surface area contributed by atoms with E-state index in [1.165, 1.54) is 0 Å². The summed E-state index contributed by atoms with van der Waals surface area (Å²) in [4.78, 5) is 26.1. The summed E-state index contributed by atoms with van der Waals surface area (Å²) in [6.45, 7) is 7.31. The van der Waals surface area contributed by atoms with Crippen molar-refractivity contribution >= 4 is 17.7 Å². The summed E-state index contributed by atoms with van der Waals surface area (Å²) in [5.74, 6) is -0.194. The molecule has 1 heterocycles. The number of nitrogens with one attached hydrogen (secondary N) is 1. The Labute approximate surface area is 138 Å². The normalized spacial score (nSPS) is 17.7. The molecular formula is C18H26N2O3. The molecular weight excluding hydrogens is 292 g/mol. The fraction of sp³-hybridized carbons (Fsp3) is 0.556. The van der Waals surface area contributed by atoms with Gasteiger partial charge in [-0.25, -0.2) is 4.79 Å². The molecule has 2 amide bonds. The van der Waals surface area contributed by atoms with Crippen LogP contribution in [-0.4, -0.2) is 36.6 Å². The maximum atomic E-state index is 12.6. The molecule has 126 valence electrons. The fourth-order valence-corrected chi connectivity index (χ4v) is 3.00. The maximum Gasteiger partial charge on any atom is 0.409 e. The van der Waals surface area contributed by atoms with Gasteiger partial charge in [0.1, 0.15) is 0 Å². The van der Waals surface area contributed by atoms with Crippen molar-refractivity contribution in [1.29, 1.82) is 0 Å². The van der Waals surface area contributed by atoms with Crippen molar-refractivity contribution in [1.82, 2.24) is 4.90 Å². The molecule has 1 fully saturated rings. The molecule has 1 aromatic rings. The average Bonchev–Trinajstić information content (AvgIpc) is 2.57. The number of hydrogen-bond acceptors (Lipinski definition) is 3. The summed E-state index contributed by atoms with van der Waals surface area (Å²) in [7, 11) is 0. The zero-order valence-electron chi connectivity index (χ0n) is 14.2. The lowest BCUT2D eigenvalue weighted by Crippen LogP contribution is -2.44. The summed E-state index contributed by atoms with van der Waals surface area (Å²) < 4.78 is 5.04. The molecule has 2 rings (SSSR count). The molecule has 1 saturated heterocycles. The first-order valence-electron chi connectivity index (χ1n) is 8.37. The van der Waals surface area contributed by atoms with Gasteiger partial charge in [-0.2, -0.15) is 0 Å². The average molecular weight is 318 g/mol. The number of hydrogen-bond donors (Lipinski definition) is 1. The van der Waals surface area contributed by atoms with E-state index in [0.29, 0.717) is 19.7 Å². The lowest BCUT2D eigenvalue weighted by Gasteiger charge is -2.31. The second kappa shape index (κ2) is 7.99. The molecule has 1 aromatic carbocycles. The van der Waals surface area contributed by atoms with Gasteiger partial charge in [0.05, 0.1) is 12.5 Å². The Morgan fingerprint density at radius 1 is 1.35 bits per heavy atom. The van der Waals surface area contributed by atoms with Crippen LogP contribution in [-0.2, 0) is 16.0 Å². The van der Waals surface area contributed by atoms with E-state index in [9.17, 15) is 9.59 Å². The number of aryl methyl sites for hydroxylation is 2. The lowest BCUT2D eigenvalue weighted by molar-refractivity contribution is -0.121. The van der Waals surface area contributed by atoms with Gasteiger partial charge in [0.2, 0.25) is 5.91 Å². The van der Waals surface area contributed by atoms with Gasteiger partial charge in [-0.15, -0.1) is 0 Å². The third-order valence-corrected chi connectivity index (χ3v) is 4.31. The summed E-state index contributed by atoms with van der Waals surface area (Å²) in [5, 5.41) is 3.07. The van der Waals surface area contributed by atoms with E-state index in [2.05, 4.69) is 12.2 Å². The number of anilines is 1. The van der Waals surface area contributed by atoms with Crippen LogP contribution in [0.4, 0.5) is 10.5 Å². The molecule has 23 heavy (non-hydrogen) atoms. The van der Waals surface area contributed by atoms with E-state index in [4.69, 9.17) is 4.74 Å². The van der Waals surface area contributed by atoms with Crippen molar-refractivity contribution < 1.29 is 14.3 Å². The van der Waals surface area contributed by atoms with Crippen molar-refractivity contribution in [3.63, 3.8) is 0 Å². The van der Waals surface area contributed by atoms with Crippen LogP contribution >= 0.6 is 0 Å². The van der Waals surface area contributed by atoms with E-state index in [1.807, 2.05) is 25.1 Å². The zero-order valence-corrected chi connectivity index (χ0v) is 14.2. The molecule has 0 aromatic heterocycles. The molecule has 1 aliphatic rings. The van der Waals surface area contributed by atoms with E-state index >= 15 is 0 Å². The zero-order chi connectivity index (χ0) is 16.8. The second-order valence-electron chi connectivity index (χ2n) is 5.94. The molecule has 0 bridgehead atoms. The van der Waals surface area contributed by atoms with Crippen LogP contribution in [0.5, 0.6) is 0 Å². The van der Waals surface area contributed by atoms with Crippen LogP contribution in [0.3, 0.4) is 0 Å². The Morgan fingerprint density at radius 3 is 2.83 bits per heavy atom. The van der Waals surface area contributed by atoms with Crippen LogP contribution in [0.25, 0.3) is 0 Å². The van der Waals surface area contributed by atoms with Crippen LogP contribution in [0.2, 0.25) is 0 Å². The number of amides is 2. The van der Waals surface area contributed by atoms with Crippen LogP contribution in [0.1, 0.15) is 37.8 Å². The Morgan fingerprint density at radius 2 is 2.13 bits per heavy atom. The summed E-state index contributed by atoms with van der Waals surface area (Å²) >= 11 is 0. The van der Waals surface area contributed by atoms with Gasteiger partial charge in [0.25, 0.3) is 0 Å². The van der Waals surface area contributed by atoms with Gasteiger partial charge in [0, 0.05) is 18.8 Å². The Kier molecular flexibility index (Phi) is 6.02. The minimum atomic E-state index is -0.324. The molecule has 1 aliphatic heterocycles. The van der Waals surface area contributed by atoms with Crippen LogP contribution < -0.4 is 5.32 Å². The number of rotatable bonds is 4. The molecule has 5 nitrogen and oxygen atoms in total. The largest absolute Gasteiger partial charge is 0.450 e. The number of carbonyl (C=O) groups excluding carboxylic acids is 2. The minimum Gasteiger partial charge on any atom is -0.450 e. The third-order valence-electron chi connectivity index (χ3n) is 4.31. The van der Waals surface area contributed by atoms with Gasteiger partial charge >= 0.3 is 6.09 Å². The molecule has 0 spiro atoms. The molecule has 5 heteroatoms. The SMILES string of the molecule is CCOC(=O)N1CCCC(C(=O)Nc2c(C)cccc2CC)C1. The lowest BCUT2D eigenvalue weighted by atomic mass is 9.96. The summed E-state index contributed by atoms with van der Waals surface area (Å²) in [6.07, 6.45) is 2.17. The van der Waals surface area contributed by atoms with Crippen molar-refractivity contribution in [3.8, 4) is 0 Å². The highest BCUT2D eigenvalue weighted by Crippen LogP contribution is 2.24. The van der Waals surface area contributed by atoms with E-state index in [0.717, 1.165) is 36.1 Å². The van der Waals surface area contributed by atoms with Crippen LogP contribution in [0.15, 0.2) is 18.2 Å². The molecule has 0 radical (unpaired) electrons. The van der Waals surface area contributed by atoms with Crippen LogP contribution in [0, 0.1) is 12.8 Å². The van der Waals surface area contributed by atoms with Gasteiger partial charge in [-0.1, -0.05) is 25.1 Å². The summed E-state index contributed by atoms with van der Waals surface area (Å²) in [5.41, 5.74) is 3.11. The monoisotopic (exact) mass is 318 g/mol. The molecule has 1 N–H and O–H groups in total. The topological polar surface area (TPSA) is 58.6 Å². The standard InChI is InChI=1S/C18H26N2O3/c1-4-14-9-6-8-13(3)16(14)19-17(21)15-10-7-11-20(12-15)18(22)23-5-2/h6,8-9,15H,4-5,7,10-12H2,1-3H3,(H,19,21).